The third-order valence-electron chi connectivity index (χ3n) is 4.69. The van der Waals surface area contributed by atoms with Gasteiger partial charge in [-0.15, -0.1) is 0 Å². The van der Waals surface area contributed by atoms with Crippen LogP contribution in [0, 0.1) is 11.3 Å². The molecule has 2 aromatic rings. The lowest BCUT2D eigenvalue weighted by Crippen LogP contribution is -2.45. The molecule has 0 aromatic heterocycles. The Balaban J connectivity index is 1.87. The van der Waals surface area contributed by atoms with Gasteiger partial charge < -0.3 is 9.64 Å². The van der Waals surface area contributed by atoms with E-state index in [4.69, 9.17) is 27.9 Å². The van der Waals surface area contributed by atoms with Crippen LogP contribution in [0.3, 0.4) is 0 Å². The maximum Gasteiger partial charge on any atom is 0.244 e. The molecular formula is C20H19Cl2N3O4S. The summed E-state index contributed by atoms with van der Waals surface area (Å²) in [5.41, 5.74) is 0.179. The average Bonchev–Trinajstić information content (AvgIpc) is 2.67. The minimum atomic E-state index is -4.00. The summed E-state index contributed by atoms with van der Waals surface area (Å²) < 4.78 is 34.6. The summed E-state index contributed by atoms with van der Waals surface area (Å²) in [5.74, 6) is 0.276. The van der Waals surface area contributed by atoms with E-state index in [0.29, 0.717) is 36.0 Å². The predicted octanol–water partition coefficient (Wildman–Crippen LogP) is 3.95. The minimum Gasteiger partial charge on any atom is -0.456 e. The third kappa shape index (κ3) is 5.43. The second-order valence-corrected chi connectivity index (χ2v) is 9.44. The normalized spacial score (nSPS) is 14.9. The summed E-state index contributed by atoms with van der Waals surface area (Å²) in [4.78, 5) is 13.0. The van der Waals surface area contributed by atoms with Crippen LogP contribution in [0.2, 0.25) is 10.0 Å². The van der Waals surface area contributed by atoms with E-state index in [-0.39, 0.29) is 33.9 Å². The topological polar surface area (TPSA) is 99.5 Å². The summed E-state index contributed by atoms with van der Waals surface area (Å²) in [6, 6.07) is 10.3. The highest BCUT2D eigenvalue weighted by Gasteiger charge is 2.28. The van der Waals surface area contributed by atoms with Crippen LogP contribution in [0.4, 0.5) is 0 Å². The molecule has 1 aliphatic heterocycles. The summed E-state index contributed by atoms with van der Waals surface area (Å²) in [6.45, 7) is 2.44. The Labute approximate surface area is 185 Å². The average molecular weight is 468 g/mol. The number of ether oxygens (including phenoxy) is 1. The zero-order chi connectivity index (χ0) is 21.9. The van der Waals surface area contributed by atoms with Gasteiger partial charge in [-0.25, -0.2) is 13.1 Å². The highest BCUT2D eigenvalue weighted by Crippen LogP contribution is 2.33. The lowest BCUT2D eigenvalue weighted by atomic mass is 10.1. The molecule has 158 valence electrons. The molecule has 1 fully saturated rings. The first kappa shape index (κ1) is 22.4. The number of carbonyl (C=O) groups is 1. The molecule has 0 spiro atoms. The van der Waals surface area contributed by atoms with Crippen LogP contribution in [0.5, 0.6) is 11.5 Å². The fraction of sp³-hybridized carbons (Fsp3) is 0.300. The zero-order valence-corrected chi connectivity index (χ0v) is 18.4. The Kier molecular flexibility index (Phi) is 6.88. The molecule has 1 aliphatic rings. The number of halogens is 2. The van der Waals surface area contributed by atoms with Gasteiger partial charge in [0.25, 0.3) is 0 Å². The highest BCUT2D eigenvalue weighted by molar-refractivity contribution is 7.89. The van der Waals surface area contributed by atoms with Crippen molar-refractivity contribution >= 4 is 39.1 Å². The van der Waals surface area contributed by atoms with Crippen LogP contribution >= 0.6 is 23.2 Å². The molecule has 0 radical (unpaired) electrons. The Hall–Kier alpha value is -2.31. The number of nitriles is 1. The summed E-state index contributed by atoms with van der Waals surface area (Å²) >= 11 is 12.0. The van der Waals surface area contributed by atoms with Crippen LogP contribution in [0.1, 0.15) is 25.3 Å². The quantitative estimate of drug-likeness (QED) is 0.717. The van der Waals surface area contributed by atoms with Gasteiger partial charge >= 0.3 is 0 Å². The number of likely N-dealkylation sites (tertiary alicyclic amines) is 1. The van der Waals surface area contributed by atoms with Crippen LogP contribution in [-0.4, -0.2) is 38.4 Å². The van der Waals surface area contributed by atoms with E-state index in [1.54, 1.807) is 4.90 Å². The van der Waals surface area contributed by atoms with Gasteiger partial charge in [-0.05, 0) is 49.2 Å². The fourth-order valence-corrected chi connectivity index (χ4v) is 5.15. The van der Waals surface area contributed by atoms with E-state index in [0.717, 1.165) is 0 Å². The van der Waals surface area contributed by atoms with Crippen molar-refractivity contribution in [2.24, 2.45) is 0 Å². The SMILES string of the molecule is CC(=O)N1CCC(NS(=O)(=O)c2cc(C#N)ccc2Oc2cc(Cl)cc(Cl)c2)CC1. The van der Waals surface area contributed by atoms with Crippen molar-refractivity contribution in [2.75, 3.05) is 13.1 Å². The Morgan fingerprint density at radius 1 is 1.17 bits per heavy atom. The molecule has 0 saturated carbocycles. The van der Waals surface area contributed by atoms with E-state index < -0.39 is 10.0 Å². The molecule has 3 rings (SSSR count). The second kappa shape index (κ2) is 9.23. The zero-order valence-electron chi connectivity index (χ0n) is 16.1. The number of hydrogen-bond donors (Lipinski definition) is 1. The third-order valence-corrected chi connectivity index (χ3v) is 6.67. The molecule has 1 heterocycles. The number of carbonyl (C=O) groups excluding carboxylic acids is 1. The molecule has 0 aliphatic carbocycles. The lowest BCUT2D eigenvalue weighted by Gasteiger charge is -2.31. The van der Waals surface area contributed by atoms with Crippen LogP contribution in [-0.2, 0) is 14.8 Å². The number of hydrogen-bond acceptors (Lipinski definition) is 5. The number of amides is 1. The molecule has 1 saturated heterocycles. The Bertz CT molecular complexity index is 1090. The van der Waals surface area contributed by atoms with E-state index in [2.05, 4.69) is 4.72 Å². The molecule has 1 amide bonds. The molecule has 30 heavy (non-hydrogen) atoms. The van der Waals surface area contributed by atoms with Gasteiger partial charge in [0.2, 0.25) is 15.9 Å². The first-order valence-electron chi connectivity index (χ1n) is 9.14. The first-order valence-corrected chi connectivity index (χ1v) is 11.4. The van der Waals surface area contributed by atoms with Crippen molar-refractivity contribution in [3.05, 3.63) is 52.0 Å². The first-order chi connectivity index (χ1) is 14.2. The van der Waals surface area contributed by atoms with E-state index in [9.17, 15) is 18.5 Å². The van der Waals surface area contributed by atoms with Gasteiger partial charge in [0.05, 0.1) is 11.6 Å². The summed E-state index contributed by atoms with van der Waals surface area (Å²) in [6.07, 6.45) is 0.994. The van der Waals surface area contributed by atoms with Gasteiger partial charge in [-0.2, -0.15) is 5.26 Å². The molecule has 0 unspecified atom stereocenters. The molecule has 1 N–H and O–H groups in total. The monoisotopic (exact) mass is 467 g/mol. The summed E-state index contributed by atoms with van der Waals surface area (Å²) in [7, 11) is -4.00. The highest BCUT2D eigenvalue weighted by atomic mass is 35.5. The molecule has 2 aromatic carbocycles. The van der Waals surface area contributed by atoms with Crippen molar-refractivity contribution in [3.8, 4) is 17.6 Å². The lowest BCUT2D eigenvalue weighted by molar-refractivity contribution is -0.129. The second-order valence-electron chi connectivity index (χ2n) is 6.88. The number of piperidine rings is 1. The van der Waals surface area contributed by atoms with Crippen LogP contribution in [0.15, 0.2) is 41.3 Å². The van der Waals surface area contributed by atoms with Gasteiger partial charge in [-0.1, -0.05) is 23.2 Å². The van der Waals surface area contributed by atoms with Crippen LogP contribution in [0.25, 0.3) is 0 Å². The van der Waals surface area contributed by atoms with Gasteiger partial charge in [0.1, 0.15) is 16.4 Å². The number of rotatable bonds is 5. The van der Waals surface area contributed by atoms with Gasteiger partial charge in [0.15, 0.2) is 0 Å². The molecule has 0 bridgehead atoms. The smallest absolute Gasteiger partial charge is 0.244 e. The van der Waals surface area contributed by atoms with E-state index in [1.165, 1.54) is 43.3 Å². The van der Waals surface area contributed by atoms with Gasteiger partial charge in [0, 0.05) is 36.1 Å². The Morgan fingerprint density at radius 2 is 1.80 bits per heavy atom. The van der Waals surface area contributed by atoms with Crippen molar-refractivity contribution < 1.29 is 17.9 Å². The van der Waals surface area contributed by atoms with E-state index >= 15 is 0 Å². The number of sulfonamides is 1. The fourth-order valence-electron chi connectivity index (χ4n) is 3.18. The minimum absolute atomic E-state index is 0.0334. The molecular weight excluding hydrogens is 449 g/mol. The van der Waals surface area contributed by atoms with Crippen molar-refractivity contribution in [1.29, 1.82) is 5.26 Å². The maximum absolute atomic E-state index is 13.1. The molecule has 0 atom stereocenters. The number of benzene rings is 2. The van der Waals surface area contributed by atoms with Gasteiger partial charge in [-0.3, -0.25) is 4.79 Å². The Morgan fingerprint density at radius 3 is 2.37 bits per heavy atom. The largest absolute Gasteiger partial charge is 0.456 e. The van der Waals surface area contributed by atoms with Crippen LogP contribution < -0.4 is 9.46 Å². The number of nitrogens with one attached hydrogen (secondary N) is 1. The standard InChI is InChI=1S/C20H19Cl2N3O4S/c1-13(26)25-6-4-17(5-7-25)24-30(27,28)20-8-14(12-23)2-3-19(20)29-18-10-15(21)9-16(22)11-18/h2-3,8-11,17,24H,4-7H2,1H3. The molecule has 7 nitrogen and oxygen atoms in total. The maximum atomic E-state index is 13.1. The predicted molar refractivity (Wildman–Crippen MR) is 113 cm³/mol. The van der Waals surface area contributed by atoms with E-state index in [1.807, 2.05) is 6.07 Å². The molecule has 10 heteroatoms. The van der Waals surface area contributed by atoms with Crippen molar-refractivity contribution in [1.82, 2.24) is 9.62 Å². The number of nitrogens with zero attached hydrogens (tertiary/aromatic N) is 2. The summed E-state index contributed by atoms with van der Waals surface area (Å²) in [5, 5.41) is 9.88. The van der Waals surface area contributed by atoms with Crippen molar-refractivity contribution in [3.63, 3.8) is 0 Å². The van der Waals surface area contributed by atoms with Crippen molar-refractivity contribution in [2.45, 2.75) is 30.7 Å².